The van der Waals surface area contributed by atoms with Gasteiger partial charge in [0, 0.05) is 12.1 Å². The van der Waals surface area contributed by atoms with Gasteiger partial charge in [-0.2, -0.15) is 9.13 Å². The summed E-state index contributed by atoms with van der Waals surface area (Å²) in [4.78, 5) is 9.51. The third-order valence-corrected chi connectivity index (χ3v) is 7.39. The number of hydrogen-bond donors (Lipinski definition) is 0. The van der Waals surface area contributed by atoms with E-state index in [1.165, 1.54) is 33.4 Å². The molecule has 6 heteroatoms. The molecule has 0 atom stereocenters. The summed E-state index contributed by atoms with van der Waals surface area (Å²) in [6, 6.07) is 21.0. The van der Waals surface area contributed by atoms with E-state index in [9.17, 15) is 0 Å². The van der Waals surface area contributed by atoms with Gasteiger partial charge in [0.05, 0.1) is 0 Å². The first kappa shape index (κ1) is 25.4. The van der Waals surface area contributed by atoms with Crippen molar-refractivity contribution in [3.8, 4) is 34.7 Å². The van der Waals surface area contributed by atoms with Gasteiger partial charge in [-0.15, -0.1) is 9.97 Å². The fourth-order valence-corrected chi connectivity index (χ4v) is 6.04. The lowest BCUT2D eigenvalue weighted by molar-refractivity contribution is -0.619. The summed E-state index contributed by atoms with van der Waals surface area (Å²) in [5, 5.41) is 0. The Morgan fingerprint density at radius 3 is 1.23 bits per heavy atom. The molecule has 4 heterocycles. The van der Waals surface area contributed by atoms with Crippen LogP contribution >= 0.6 is 0 Å². The average molecular weight is 527 g/mol. The van der Waals surface area contributed by atoms with E-state index in [1.54, 1.807) is 0 Å². The number of pyridine rings is 2. The van der Waals surface area contributed by atoms with Crippen molar-refractivity contribution in [1.29, 1.82) is 0 Å². The predicted octanol–water partition coefficient (Wildman–Crippen LogP) is 6.13. The lowest BCUT2D eigenvalue weighted by Crippen LogP contribution is -2.41. The lowest BCUT2D eigenvalue weighted by Gasteiger charge is -2.15. The smallest absolute Gasteiger partial charge is 0.224 e. The second-order valence-electron chi connectivity index (χ2n) is 10.6. The van der Waals surface area contributed by atoms with Gasteiger partial charge in [-0.1, -0.05) is 47.5 Å². The van der Waals surface area contributed by atoms with Gasteiger partial charge in [-0.3, -0.25) is 0 Å². The van der Waals surface area contributed by atoms with E-state index in [0.29, 0.717) is 0 Å². The zero-order valence-electron chi connectivity index (χ0n) is 23.9. The summed E-state index contributed by atoms with van der Waals surface area (Å²) >= 11 is 0. The number of nitrogens with zero attached hydrogens (tertiary/aromatic N) is 6. The van der Waals surface area contributed by atoms with E-state index in [0.717, 1.165) is 34.7 Å². The Hall–Kier alpha value is -4.84. The second-order valence-corrected chi connectivity index (χ2v) is 10.6. The first-order valence-electron chi connectivity index (χ1n) is 13.6. The molecule has 0 aliphatic heterocycles. The van der Waals surface area contributed by atoms with Gasteiger partial charge >= 0.3 is 11.6 Å². The summed E-state index contributed by atoms with van der Waals surface area (Å²) in [6.45, 7) is 13.0. The number of aromatic nitrogens is 6. The molecule has 0 unspecified atom stereocenters. The van der Waals surface area contributed by atoms with Gasteiger partial charge in [0.1, 0.15) is 48.6 Å². The van der Waals surface area contributed by atoms with Crippen molar-refractivity contribution in [2.75, 3.05) is 0 Å². The molecule has 0 spiro atoms. The van der Waals surface area contributed by atoms with E-state index in [1.807, 2.05) is 48.8 Å². The highest BCUT2D eigenvalue weighted by Gasteiger charge is 2.34. The van der Waals surface area contributed by atoms with Crippen molar-refractivity contribution in [3.63, 3.8) is 0 Å². The molecule has 0 radical (unpaired) electrons. The molecule has 6 rings (SSSR count). The first-order chi connectivity index (χ1) is 19.3. The Bertz CT molecular complexity index is 1660. The number of hydrogen-bond acceptors (Lipinski definition) is 2. The maximum Gasteiger partial charge on any atom is 0.314 e. The summed E-state index contributed by atoms with van der Waals surface area (Å²) in [5.41, 5.74) is 9.69. The van der Waals surface area contributed by atoms with Gasteiger partial charge in [-0.05, 0) is 75.9 Å². The van der Waals surface area contributed by atoms with E-state index < -0.39 is 0 Å². The number of aryl methyl sites for hydroxylation is 6. The molecule has 198 valence electrons. The van der Waals surface area contributed by atoms with E-state index >= 15 is 0 Å². The molecule has 0 N–H and O–H groups in total. The molecule has 6 nitrogen and oxygen atoms in total. The van der Waals surface area contributed by atoms with Crippen LogP contribution in [0.3, 0.4) is 0 Å². The van der Waals surface area contributed by atoms with Crippen LogP contribution < -0.4 is 9.13 Å². The molecule has 40 heavy (non-hydrogen) atoms. The third-order valence-electron chi connectivity index (χ3n) is 7.39. The molecule has 0 bridgehead atoms. The van der Waals surface area contributed by atoms with Gasteiger partial charge in [0.2, 0.25) is 0 Å². The van der Waals surface area contributed by atoms with Crippen molar-refractivity contribution >= 4 is 0 Å². The van der Waals surface area contributed by atoms with Crippen LogP contribution in [-0.2, 0) is 0 Å². The maximum absolute atomic E-state index is 4.75. The van der Waals surface area contributed by atoms with Crippen molar-refractivity contribution in [2.24, 2.45) is 0 Å². The molecule has 0 amide bonds. The van der Waals surface area contributed by atoms with Crippen molar-refractivity contribution in [2.45, 2.75) is 41.5 Å². The Balaban J connectivity index is 1.77. The van der Waals surface area contributed by atoms with Crippen LogP contribution in [0.15, 0.2) is 97.8 Å². The predicted molar refractivity (Wildman–Crippen MR) is 158 cm³/mol. The Kier molecular flexibility index (Phi) is 6.39. The monoisotopic (exact) mass is 526 g/mol. The molecule has 0 fully saturated rings. The highest BCUT2D eigenvalue weighted by atomic mass is 15.3. The highest BCUT2D eigenvalue weighted by Crippen LogP contribution is 2.30. The molecule has 0 aliphatic carbocycles. The fourth-order valence-electron chi connectivity index (χ4n) is 6.04. The number of benzene rings is 2. The Labute approximate surface area is 235 Å². The molecule has 6 aromatic rings. The quantitative estimate of drug-likeness (QED) is 0.254. The van der Waals surface area contributed by atoms with Crippen molar-refractivity contribution in [3.05, 3.63) is 131 Å². The largest absolute Gasteiger partial charge is 0.314 e. The molecular formula is C34H34N6+2. The minimum Gasteiger partial charge on any atom is -0.224 e. The van der Waals surface area contributed by atoms with E-state index in [2.05, 4.69) is 109 Å². The maximum atomic E-state index is 4.75. The third kappa shape index (κ3) is 4.31. The molecule has 0 aliphatic rings. The van der Waals surface area contributed by atoms with Crippen molar-refractivity contribution in [1.82, 2.24) is 19.1 Å². The Morgan fingerprint density at radius 1 is 0.525 bits per heavy atom. The number of imidazole rings is 2. The minimum absolute atomic E-state index is 0.844. The molecule has 0 saturated carbocycles. The van der Waals surface area contributed by atoms with Gasteiger partial charge in [-0.25, -0.2) is 9.13 Å². The van der Waals surface area contributed by atoms with Crippen LogP contribution in [0.4, 0.5) is 0 Å². The normalized spacial score (nSPS) is 11.2. The SMILES string of the molecule is Cc1cc(C)c(-n2cc[n+](-c3ccccn3)c2-c2n(-c3c(C)cc(C)cc3C)cc[n+]2-c2ccccn2)c(C)c1. The highest BCUT2D eigenvalue weighted by molar-refractivity contribution is 5.59. The molecular weight excluding hydrogens is 492 g/mol. The van der Waals surface area contributed by atoms with Crippen LogP contribution in [0.25, 0.3) is 34.7 Å². The van der Waals surface area contributed by atoms with E-state index in [-0.39, 0.29) is 0 Å². The average Bonchev–Trinajstić information content (AvgIpc) is 3.53. The second kappa shape index (κ2) is 10.0. The van der Waals surface area contributed by atoms with Gasteiger partial charge < -0.3 is 0 Å². The number of rotatable bonds is 5. The van der Waals surface area contributed by atoms with Gasteiger partial charge in [0.15, 0.2) is 0 Å². The topological polar surface area (TPSA) is 43.4 Å². The summed E-state index contributed by atoms with van der Waals surface area (Å²) < 4.78 is 8.93. The first-order valence-corrected chi connectivity index (χ1v) is 13.6. The van der Waals surface area contributed by atoms with E-state index in [4.69, 9.17) is 9.97 Å². The minimum atomic E-state index is 0.844. The Morgan fingerprint density at radius 2 is 0.900 bits per heavy atom. The zero-order valence-corrected chi connectivity index (χ0v) is 23.9. The molecule has 0 saturated heterocycles. The van der Waals surface area contributed by atoms with Gasteiger partial charge in [0.25, 0.3) is 11.6 Å². The molecule has 2 aromatic carbocycles. The standard InChI is InChI=1S/C34H34N6/c1-23-19-25(3)31(26(4)20-23)39-17-15-37(29-11-7-9-13-35-29)33(39)34-38(30-12-8-10-14-36-30)16-18-40(34)32-27(5)21-24(2)22-28(32)6/h7-22H,1-6H3/q+2. The summed E-state index contributed by atoms with van der Waals surface area (Å²) in [6.07, 6.45) is 12.2. The summed E-state index contributed by atoms with van der Waals surface area (Å²) in [7, 11) is 0. The lowest BCUT2D eigenvalue weighted by atomic mass is 10.0. The fraction of sp³-hybridized carbons (Fsp3) is 0.176. The van der Waals surface area contributed by atoms with Crippen LogP contribution in [0.2, 0.25) is 0 Å². The van der Waals surface area contributed by atoms with Crippen LogP contribution in [0.1, 0.15) is 33.4 Å². The zero-order chi connectivity index (χ0) is 28.0. The summed E-state index contributed by atoms with van der Waals surface area (Å²) in [5.74, 6) is 3.64. The van der Waals surface area contributed by atoms with Crippen LogP contribution in [0.5, 0.6) is 0 Å². The van der Waals surface area contributed by atoms with Crippen molar-refractivity contribution < 1.29 is 9.13 Å². The molecule has 4 aromatic heterocycles. The van der Waals surface area contributed by atoms with Crippen LogP contribution in [0, 0.1) is 41.5 Å². The van der Waals surface area contributed by atoms with Crippen LogP contribution in [-0.4, -0.2) is 19.1 Å².